The molecule has 0 fully saturated rings. The smallest absolute Gasteiger partial charge is 0.220 e. The van der Waals surface area contributed by atoms with Crippen molar-refractivity contribution < 1.29 is 4.39 Å². The molecule has 0 amide bonds. The molecule has 76 valence electrons. The van der Waals surface area contributed by atoms with Gasteiger partial charge in [-0.05, 0) is 18.6 Å². The van der Waals surface area contributed by atoms with Gasteiger partial charge >= 0.3 is 0 Å². The summed E-state index contributed by atoms with van der Waals surface area (Å²) in [4.78, 5) is 11.5. The van der Waals surface area contributed by atoms with Crippen molar-refractivity contribution in [1.29, 1.82) is 0 Å². The van der Waals surface area contributed by atoms with Crippen LogP contribution in [0.15, 0.2) is 24.7 Å². The number of aromatic nitrogens is 3. The van der Waals surface area contributed by atoms with Gasteiger partial charge in [0.1, 0.15) is 0 Å². The quantitative estimate of drug-likeness (QED) is 0.765. The molecule has 2 heterocycles. The Hall–Kier alpha value is -2.04. The highest BCUT2D eigenvalue weighted by atomic mass is 19.1. The van der Waals surface area contributed by atoms with E-state index in [1.807, 2.05) is 0 Å². The van der Waals surface area contributed by atoms with E-state index in [-0.39, 0.29) is 5.95 Å². The van der Waals surface area contributed by atoms with Gasteiger partial charge in [-0.15, -0.1) is 0 Å². The fourth-order valence-electron chi connectivity index (χ4n) is 1.30. The normalized spacial score (nSPS) is 10.3. The molecule has 4 nitrogen and oxygen atoms in total. The van der Waals surface area contributed by atoms with E-state index in [0.29, 0.717) is 11.3 Å². The summed E-state index contributed by atoms with van der Waals surface area (Å²) in [6.45, 7) is 1.80. The number of anilines is 1. The van der Waals surface area contributed by atoms with E-state index in [1.54, 1.807) is 19.2 Å². The monoisotopic (exact) mass is 204 g/mol. The van der Waals surface area contributed by atoms with Crippen LogP contribution in [0.5, 0.6) is 0 Å². The standard InChI is InChI=1S/C10H9FN4/c1-6-4-14-10(12)15-9(6)7-2-3-13-5-8(7)11/h2-5H,1H3,(H2,12,14,15). The van der Waals surface area contributed by atoms with Crippen LogP contribution in [0, 0.1) is 12.7 Å². The molecule has 0 saturated carbocycles. The maximum absolute atomic E-state index is 13.4. The molecule has 0 bridgehead atoms. The SMILES string of the molecule is Cc1cnc(N)nc1-c1ccncc1F. The molecule has 2 N–H and O–H groups in total. The molecule has 0 saturated heterocycles. The molecule has 2 rings (SSSR count). The van der Waals surface area contributed by atoms with Gasteiger partial charge in [0.25, 0.3) is 0 Å². The maximum atomic E-state index is 13.4. The van der Waals surface area contributed by atoms with E-state index < -0.39 is 5.82 Å². The van der Waals surface area contributed by atoms with Gasteiger partial charge in [-0.25, -0.2) is 14.4 Å². The first-order valence-corrected chi connectivity index (χ1v) is 4.37. The largest absolute Gasteiger partial charge is 0.368 e. The molecule has 0 atom stereocenters. The molecule has 2 aromatic heterocycles. The molecule has 0 aliphatic heterocycles. The van der Waals surface area contributed by atoms with Crippen LogP contribution in [-0.2, 0) is 0 Å². The van der Waals surface area contributed by atoms with Gasteiger partial charge < -0.3 is 5.73 Å². The molecule has 0 aliphatic carbocycles. The number of rotatable bonds is 1. The summed E-state index contributed by atoms with van der Waals surface area (Å²) in [5.41, 5.74) is 7.12. The number of hydrogen-bond donors (Lipinski definition) is 1. The number of hydrogen-bond acceptors (Lipinski definition) is 4. The summed E-state index contributed by atoms with van der Waals surface area (Å²) >= 11 is 0. The van der Waals surface area contributed by atoms with Crippen LogP contribution in [0.3, 0.4) is 0 Å². The van der Waals surface area contributed by atoms with Gasteiger partial charge in [0.15, 0.2) is 5.82 Å². The van der Waals surface area contributed by atoms with E-state index in [2.05, 4.69) is 15.0 Å². The van der Waals surface area contributed by atoms with Crippen molar-refractivity contribution in [3.63, 3.8) is 0 Å². The molecule has 0 spiro atoms. The molecule has 0 unspecified atom stereocenters. The lowest BCUT2D eigenvalue weighted by atomic mass is 10.1. The summed E-state index contributed by atoms with van der Waals surface area (Å²) in [5, 5.41) is 0. The minimum absolute atomic E-state index is 0.131. The van der Waals surface area contributed by atoms with E-state index in [0.717, 1.165) is 11.8 Å². The van der Waals surface area contributed by atoms with Crippen LogP contribution in [0.2, 0.25) is 0 Å². The summed E-state index contributed by atoms with van der Waals surface area (Å²) in [6, 6.07) is 1.56. The fourth-order valence-corrected chi connectivity index (χ4v) is 1.30. The third-order valence-electron chi connectivity index (χ3n) is 2.02. The third kappa shape index (κ3) is 1.76. The molecular weight excluding hydrogens is 195 g/mol. The Morgan fingerprint density at radius 3 is 2.87 bits per heavy atom. The highest BCUT2D eigenvalue weighted by molar-refractivity contribution is 5.63. The minimum atomic E-state index is -0.418. The maximum Gasteiger partial charge on any atom is 0.220 e. The Bertz CT molecular complexity index is 499. The number of nitrogen functional groups attached to an aromatic ring is 1. The predicted octanol–water partition coefficient (Wildman–Crippen LogP) is 1.57. The number of nitrogens with two attached hydrogens (primary N) is 1. The first-order chi connectivity index (χ1) is 7.18. The second kappa shape index (κ2) is 3.61. The first kappa shape index (κ1) is 9.51. The summed E-state index contributed by atoms with van der Waals surface area (Å²) < 4.78 is 13.4. The number of halogens is 1. The van der Waals surface area contributed by atoms with E-state index in [4.69, 9.17) is 5.73 Å². The topological polar surface area (TPSA) is 64.7 Å². The zero-order valence-corrected chi connectivity index (χ0v) is 8.11. The van der Waals surface area contributed by atoms with Crippen LogP contribution in [-0.4, -0.2) is 15.0 Å². The van der Waals surface area contributed by atoms with Crippen molar-refractivity contribution in [2.75, 3.05) is 5.73 Å². The van der Waals surface area contributed by atoms with Crippen LogP contribution < -0.4 is 5.73 Å². The number of aryl methyl sites for hydroxylation is 1. The summed E-state index contributed by atoms with van der Waals surface area (Å²) in [5.74, 6) is -0.287. The predicted molar refractivity (Wildman–Crippen MR) is 54.4 cm³/mol. The zero-order valence-electron chi connectivity index (χ0n) is 8.11. The van der Waals surface area contributed by atoms with Crippen LogP contribution in [0.1, 0.15) is 5.56 Å². The Balaban J connectivity index is 2.64. The molecule has 0 aliphatic rings. The van der Waals surface area contributed by atoms with Crippen molar-refractivity contribution in [2.45, 2.75) is 6.92 Å². The van der Waals surface area contributed by atoms with Crippen molar-refractivity contribution in [3.8, 4) is 11.3 Å². The molecule has 5 heteroatoms. The van der Waals surface area contributed by atoms with E-state index in [9.17, 15) is 4.39 Å². The van der Waals surface area contributed by atoms with E-state index in [1.165, 1.54) is 6.20 Å². The Morgan fingerprint density at radius 1 is 1.33 bits per heavy atom. The zero-order chi connectivity index (χ0) is 10.8. The second-order valence-electron chi connectivity index (χ2n) is 3.12. The minimum Gasteiger partial charge on any atom is -0.368 e. The fraction of sp³-hybridized carbons (Fsp3) is 0.100. The molecule has 0 radical (unpaired) electrons. The summed E-state index contributed by atoms with van der Waals surface area (Å²) in [6.07, 6.45) is 4.22. The Labute approximate surface area is 86.0 Å². The highest BCUT2D eigenvalue weighted by Crippen LogP contribution is 2.22. The van der Waals surface area contributed by atoms with Crippen LogP contribution in [0.4, 0.5) is 10.3 Å². The third-order valence-corrected chi connectivity index (χ3v) is 2.02. The van der Waals surface area contributed by atoms with Crippen molar-refractivity contribution in [3.05, 3.63) is 36.0 Å². The van der Waals surface area contributed by atoms with Crippen molar-refractivity contribution in [1.82, 2.24) is 15.0 Å². The van der Waals surface area contributed by atoms with Gasteiger partial charge in [-0.2, -0.15) is 0 Å². The lowest BCUT2D eigenvalue weighted by molar-refractivity contribution is 0.624. The number of pyridine rings is 1. The van der Waals surface area contributed by atoms with Gasteiger partial charge in [-0.1, -0.05) is 0 Å². The second-order valence-corrected chi connectivity index (χ2v) is 3.12. The van der Waals surface area contributed by atoms with Crippen molar-refractivity contribution >= 4 is 5.95 Å². The van der Waals surface area contributed by atoms with E-state index >= 15 is 0 Å². The molecule has 2 aromatic rings. The lowest BCUT2D eigenvalue weighted by Crippen LogP contribution is -1.99. The highest BCUT2D eigenvalue weighted by Gasteiger charge is 2.09. The Kier molecular flexibility index (Phi) is 2.29. The van der Waals surface area contributed by atoms with Gasteiger partial charge in [-0.3, -0.25) is 4.98 Å². The lowest BCUT2D eigenvalue weighted by Gasteiger charge is -2.05. The Morgan fingerprint density at radius 2 is 2.13 bits per heavy atom. The van der Waals surface area contributed by atoms with Crippen molar-refractivity contribution in [2.24, 2.45) is 0 Å². The average Bonchev–Trinajstić information content (AvgIpc) is 2.23. The first-order valence-electron chi connectivity index (χ1n) is 4.37. The molecule has 0 aromatic carbocycles. The van der Waals surface area contributed by atoms with Gasteiger partial charge in [0.05, 0.1) is 11.9 Å². The van der Waals surface area contributed by atoms with Gasteiger partial charge in [0.2, 0.25) is 5.95 Å². The van der Waals surface area contributed by atoms with Crippen LogP contribution >= 0.6 is 0 Å². The van der Waals surface area contributed by atoms with Gasteiger partial charge in [0, 0.05) is 18.0 Å². The van der Waals surface area contributed by atoms with Crippen LogP contribution in [0.25, 0.3) is 11.3 Å². The number of nitrogens with zero attached hydrogens (tertiary/aromatic N) is 3. The molecular formula is C10H9FN4. The summed E-state index contributed by atoms with van der Waals surface area (Å²) in [7, 11) is 0. The molecule has 15 heavy (non-hydrogen) atoms. The average molecular weight is 204 g/mol.